The summed E-state index contributed by atoms with van der Waals surface area (Å²) in [7, 11) is 1.28. The first-order valence-corrected chi connectivity index (χ1v) is 8.26. The molecule has 0 saturated heterocycles. The normalized spacial score (nSPS) is 10.3. The van der Waals surface area contributed by atoms with Crippen molar-refractivity contribution in [3.63, 3.8) is 0 Å². The summed E-state index contributed by atoms with van der Waals surface area (Å²) in [6.07, 6.45) is 0.736. The maximum absolute atomic E-state index is 13.7. The lowest BCUT2D eigenvalue weighted by Gasteiger charge is -2.21. The number of thiazole rings is 1. The summed E-state index contributed by atoms with van der Waals surface area (Å²) in [6.45, 7) is 2.65. The quantitative estimate of drug-likeness (QED) is 0.809. The van der Waals surface area contributed by atoms with E-state index >= 15 is 0 Å². The molecule has 0 atom stereocenters. The summed E-state index contributed by atoms with van der Waals surface area (Å²) < 4.78 is 18.3. The van der Waals surface area contributed by atoms with Gasteiger partial charge in [-0.05, 0) is 18.6 Å². The smallest absolute Gasteiger partial charge is 0.357 e. The lowest BCUT2D eigenvalue weighted by atomic mass is 10.3. The van der Waals surface area contributed by atoms with Gasteiger partial charge in [-0.25, -0.2) is 19.0 Å². The molecular formula is C16H18FN3O3S. The van der Waals surface area contributed by atoms with Crippen molar-refractivity contribution in [2.45, 2.75) is 19.9 Å². The number of benzene rings is 1. The van der Waals surface area contributed by atoms with E-state index in [9.17, 15) is 14.0 Å². The van der Waals surface area contributed by atoms with E-state index in [-0.39, 0.29) is 17.9 Å². The Morgan fingerprint density at radius 3 is 2.79 bits per heavy atom. The van der Waals surface area contributed by atoms with Crippen molar-refractivity contribution in [3.05, 3.63) is 46.2 Å². The molecule has 1 N–H and O–H groups in total. The predicted octanol–water partition coefficient (Wildman–Crippen LogP) is 3.51. The van der Waals surface area contributed by atoms with Crippen LogP contribution in [0.3, 0.4) is 0 Å². The molecule has 0 bridgehead atoms. The van der Waals surface area contributed by atoms with E-state index in [1.165, 1.54) is 35.5 Å². The fourth-order valence-corrected chi connectivity index (χ4v) is 2.80. The summed E-state index contributed by atoms with van der Waals surface area (Å²) in [5.41, 5.74) is 0.335. The molecule has 1 heterocycles. The second kappa shape index (κ2) is 8.39. The fraction of sp³-hybridized carbons (Fsp3) is 0.312. The highest BCUT2D eigenvalue weighted by molar-refractivity contribution is 7.09. The van der Waals surface area contributed by atoms with Gasteiger partial charge in [0.25, 0.3) is 0 Å². The van der Waals surface area contributed by atoms with Crippen LogP contribution in [-0.4, -0.2) is 35.5 Å². The Bertz CT molecular complexity index is 720. The Kier molecular flexibility index (Phi) is 6.25. The molecule has 2 amide bonds. The van der Waals surface area contributed by atoms with Crippen LogP contribution in [0.2, 0.25) is 0 Å². The Hall–Kier alpha value is -2.48. The third-order valence-corrected chi connectivity index (χ3v) is 4.00. The van der Waals surface area contributed by atoms with Crippen molar-refractivity contribution in [3.8, 4) is 0 Å². The second-order valence-corrected chi connectivity index (χ2v) is 5.89. The largest absolute Gasteiger partial charge is 0.464 e. The van der Waals surface area contributed by atoms with Crippen molar-refractivity contribution in [1.29, 1.82) is 0 Å². The monoisotopic (exact) mass is 351 g/mol. The third kappa shape index (κ3) is 4.51. The van der Waals surface area contributed by atoms with Gasteiger partial charge in [0.2, 0.25) is 0 Å². The number of hydrogen-bond acceptors (Lipinski definition) is 5. The molecule has 0 aliphatic carbocycles. The molecule has 128 valence electrons. The molecule has 1 aromatic heterocycles. The van der Waals surface area contributed by atoms with E-state index in [4.69, 9.17) is 0 Å². The van der Waals surface area contributed by atoms with Crippen LogP contribution in [-0.2, 0) is 11.3 Å². The molecule has 24 heavy (non-hydrogen) atoms. The molecule has 0 spiro atoms. The zero-order valence-corrected chi connectivity index (χ0v) is 14.2. The molecule has 0 aliphatic heterocycles. The van der Waals surface area contributed by atoms with Gasteiger partial charge in [0.05, 0.1) is 19.3 Å². The summed E-state index contributed by atoms with van der Waals surface area (Å²) in [6, 6.07) is 5.56. The van der Waals surface area contributed by atoms with E-state index in [1.807, 2.05) is 6.92 Å². The van der Waals surface area contributed by atoms with E-state index < -0.39 is 17.8 Å². The maximum Gasteiger partial charge on any atom is 0.357 e. The number of para-hydroxylation sites is 1. The molecule has 0 radical (unpaired) electrons. The zero-order chi connectivity index (χ0) is 17.5. The van der Waals surface area contributed by atoms with Gasteiger partial charge in [0.15, 0.2) is 5.69 Å². The molecule has 2 rings (SSSR count). The van der Waals surface area contributed by atoms with Gasteiger partial charge in [0.1, 0.15) is 10.8 Å². The number of amides is 2. The molecule has 0 fully saturated rings. The molecule has 0 aliphatic rings. The number of aromatic nitrogens is 1. The number of rotatable bonds is 6. The minimum absolute atomic E-state index is 0.123. The summed E-state index contributed by atoms with van der Waals surface area (Å²) >= 11 is 1.27. The first-order chi connectivity index (χ1) is 11.5. The van der Waals surface area contributed by atoms with Crippen LogP contribution in [0, 0.1) is 5.82 Å². The molecule has 0 saturated carbocycles. The van der Waals surface area contributed by atoms with Crippen molar-refractivity contribution >= 4 is 29.0 Å². The number of urea groups is 1. The van der Waals surface area contributed by atoms with Gasteiger partial charge >= 0.3 is 12.0 Å². The molecule has 6 nitrogen and oxygen atoms in total. The van der Waals surface area contributed by atoms with E-state index in [0.717, 1.165) is 6.42 Å². The summed E-state index contributed by atoms with van der Waals surface area (Å²) in [5.74, 6) is -1.01. The van der Waals surface area contributed by atoms with Crippen LogP contribution in [0.25, 0.3) is 0 Å². The van der Waals surface area contributed by atoms with Gasteiger partial charge in [-0.1, -0.05) is 19.1 Å². The van der Waals surface area contributed by atoms with Gasteiger partial charge < -0.3 is 15.0 Å². The van der Waals surface area contributed by atoms with E-state index in [1.54, 1.807) is 17.5 Å². The number of methoxy groups -OCH3 is 1. The number of carbonyl (C=O) groups is 2. The molecule has 8 heteroatoms. The SMILES string of the molecule is CCCN(Cc1nc(C(=O)OC)cs1)C(=O)Nc1ccccc1F. The lowest BCUT2D eigenvalue weighted by Crippen LogP contribution is -2.35. The lowest BCUT2D eigenvalue weighted by molar-refractivity contribution is 0.0594. The first kappa shape index (κ1) is 17.9. The van der Waals surface area contributed by atoms with Crippen LogP contribution in [0.15, 0.2) is 29.6 Å². The van der Waals surface area contributed by atoms with Crippen molar-refractivity contribution < 1.29 is 18.7 Å². The molecule has 2 aromatic rings. The minimum atomic E-state index is -0.518. The fourth-order valence-electron chi connectivity index (χ4n) is 2.02. The topological polar surface area (TPSA) is 71.5 Å². The number of nitrogens with one attached hydrogen (secondary N) is 1. The highest BCUT2D eigenvalue weighted by atomic mass is 32.1. The van der Waals surface area contributed by atoms with E-state index in [0.29, 0.717) is 11.6 Å². The Morgan fingerprint density at radius 1 is 1.38 bits per heavy atom. The molecular weight excluding hydrogens is 333 g/mol. The van der Waals surface area contributed by atoms with Crippen molar-refractivity contribution in [2.24, 2.45) is 0 Å². The predicted molar refractivity (Wildman–Crippen MR) is 89.6 cm³/mol. The average molecular weight is 351 g/mol. The number of esters is 1. The van der Waals surface area contributed by atoms with Gasteiger partial charge in [-0.15, -0.1) is 11.3 Å². The van der Waals surface area contributed by atoms with Crippen LogP contribution < -0.4 is 5.32 Å². The zero-order valence-electron chi connectivity index (χ0n) is 13.4. The Morgan fingerprint density at radius 2 is 2.12 bits per heavy atom. The number of halogens is 1. The second-order valence-electron chi connectivity index (χ2n) is 4.95. The first-order valence-electron chi connectivity index (χ1n) is 7.38. The number of carbonyl (C=O) groups excluding carboxylic acids is 2. The van der Waals surface area contributed by atoms with Crippen LogP contribution in [0.1, 0.15) is 28.8 Å². The third-order valence-electron chi connectivity index (χ3n) is 3.17. The highest BCUT2D eigenvalue weighted by Gasteiger charge is 2.18. The Labute approximate surface area is 143 Å². The minimum Gasteiger partial charge on any atom is -0.464 e. The average Bonchev–Trinajstić information content (AvgIpc) is 3.04. The number of hydrogen-bond donors (Lipinski definition) is 1. The van der Waals surface area contributed by atoms with Crippen molar-refractivity contribution in [2.75, 3.05) is 19.0 Å². The van der Waals surface area contributed by atoms with E-state index in [2.05, 4.69) is 15.0 Å². The molecule has 0 unspecified atom stereocenters. The van der Waals surface area contributed by atoms with Crippen LogP contribution in [0.5, 0.6) is 0 Å². The number of nitrogens with zero attached hydrogens (tertiary/aromatic N) is 2. The van der Waals surface area contributed by atoms with Crippen LogP contribution >= 0.6 is 11.3 Å². The van der Waals surface area contributed by atoms with Gasteiger partial charge in [-0.2, -0.15) is 0 Å². The van der Waals surface area contributed by atoms with Gasteiger partial charge in [-0.3, -0.25) is 0 Å². The standard InChI is InChI=1S/C16H18FN3O3S/c1-3-8-20(9-14-18-13(10-24-14)15(21)23-2)16(22)19-12-7-5-4-6-11(12)17/h4-7,10H,3,8-9H2,1-2H3,(H,19,22). The van der Waals surface area contributed by atoms with Crippen molar-refractivity contribution in [1.82, 2.24) is 9.88 Å². The molecule has 1 aromatic carbocycles. The highest BCUT2D eigenvalue weighted by Crippen LogP contribution is 2.16. The number of ether oxygens (including phenoxy) is 1. The number of anilines is 1. The Balaban J connectivity index is 2.08. The summed E-state index contributed by atoms with van der Waals surface area (Å²) in [4.78, 5) is 29.5. The summed E-state index contributed by atoms with van der Waals surface area (Å²) in [5, 5.41) is 4.74. The van der Waals surface area contributed by atoms with Crippen LogP contribution in [0.4, 0.5) is 14.9 Å². The maximum atomic E-state index is 13.7. The van der Waals surface area contributed by atoms with Gasteiger partial charge in [0, 0.05) is 11.9 Å².